The van der Waals surface area contributed by atoms with Crippen molar-refractivity contribution in [1.82, 2.24) is 0 Å². The second-order valence-electron chi connectivity index (χ2n) is 4.58. The molecule has 0 radical (unpaired) electrons. The van der Waals surface area contributed by atoms with Crippen molar-refractivity contribution in [3.05, 3.63) is 29.8 Å². The van der Waals surface area contributed by atoms with Crippen molar-refractivity contribution in [2.45, 2.75) is 31.8 Å². The standard InChI is InChI=1S/C16H20O3/c17-11-3-7-14-6-1-2-10-16(14)19-13-5-9-15-8-4-12-18-15/h1-2,6,10,15,17H,4-5,8-9,11-13H2. The highest BCUT2D eigenvalue weighted by molar-refractivity contribution is 5.45. The normalized spacial score (nSPS) is 17.8. The summed E-state index contributed by atoms with van der Waals surface area (Å²) in [5, 5.41) is 8.73. The molecule has 102 valence electrons. The van der Waals surface area contributed by atoms with E-state index in [1.54, 1.807) is 0 Å². The molecule has 1 atom stereocenters. The first kappa shape index (κ1) is 13.9. The quantitative estimate of drug-likeness (QED) is 0.652. The largest absolute Gasteiger partial charge is 0.492 e. The van der Waals surface area contributed by atoms with Crippen molar-refractivity contribution in [3.63, 3.8) is 0 Å². The smallest absolute Gasteiger partial charge is 0.134 e. The molecule has 1 N–H and O–H groups in total. The van der Waals surface area contributed by atoms with Crippen LogP contribution in [0.2, 0.25) is 0 Å². The van der Waals surface area contributed by atoms with Gasteiger partial charge in [0.05, 0.1) is 18.3 Å². The maximum absolute atomic E-state index is 8.73. The Hall–Kier alpha value is -1.50. The number of para-hydroxylation sites is 1. The topological polar surface area (TPSA) is 38.7 Å². The van der Waals surface area contributed by atoms with Crippen molar-refractivity contribution in [3.8, 4) is 17.6 Å². The minimum Gasteiger partial charge on any atom is -0.492 e. The Bertz CT molecular complexity index is 439. The van der Waals surface area contributed by atoms with Gasteiger partial charge in [0.2, 0.25) is 0 Å². The lowest BCUT2D eigenvalue weighted by molar-refractivity contribution is 0.0981. The van der Waals surface area contributed by atoms with Crippen LogP contribution in [0.4, 0.5) is 0 Å². The van der Waals surface area contributed by atoms with Crippen LogP contribution in [0.1, 0.15) is 31.2 Å². The van der Waals surface area contributed by atoms with Gasteiger partial charge in [-0.25, -0.2) is 0 Å². The van der Waals surface area contributed by atoms with Crippen LogP contribution in [-0.2, 0) is 4.74 Å². The van der Waals surface area contributed by atoms with Gasteiger partial charge in [-0.3, -0.25) is 0 Å². The predicted octanol–water partition coefficient (Wildman–Crippen LogP) is 2.37. The summed E-state index contributed by atoms with van der Waals surface area (Å²) in [7, 11) is 0. The van der Waals surface area contributed by atoms with Gasteiger partial charge in [-0.05, 0) is 37.8 Å². The highest BCUT2D eigenvalue weighted by Crippen LogP contribution is 2.19. The van der Waals surface area contributed by atoms with Gasteiger partial charge in [-0.15, -0.1) is 0 Å². The third-order valence-electron chi connectivity index (χ3n) is 3.14. The van der Waals surface area contributed by atoms with E-state index in [4.69, 9.17) is 14.6 Å². The molecule has 1 aliphatic rings. The third-order valence-corrected chi connectivity index (χ3v) is 3.14. The zero-order chi connectivity index (χ0) is 13.3. The van der Waals surface area contributed by atoms with Crippen LogP contribution in [-0.4, -0.2) is 31.0 Å². The number of benzene rings is 1. The summed E-state index contributed by atoms with van der Waals surface area (Å²) < 4.78 is 11.3. The van der Waals surface area contributed by atoms with Crippen LogP contribution < -0.4 is 4.74 Å². The first-order valence-corrected chi connectivity index (χ1v) is 6.83. The van der Waals surface area contributed by atoms with Crippen molar-refractivity contribution in [1.29, 1.82) is 0 Å². The summed E-state index contributed by atoms with van der Waals surface area (Å²) in [6.07, 6.45) is 4.84. The highest BCUT2D eigenvalue weighted by atomic mass is 16.5. The van der Waals surface area contributed by atoms with Crippen LogP contribution in [0.25, 0.3) is 0 Å². The van der Waals surface area contributed by atoms with E-state index in [1.807, 2.05) is 24.3 Å². The summed E-state index contributed by atoms with van der Waals surface area (Å²) in [4.78, 5) is 0. The average molecular weight is 260 g/mol. The number of hydrogen-bond acceptors (Lipinski definition) is 3. The molecule has 0 spiro atoms. The van der Waals surface area contributed by atoms with Crippen LogP contribution in [0.15, 0.2) is 24.3 Å². The van der Waals surface area contributed by atoms with E-state index in [9.17, 15) is 0 Å². The van der Waals surface area contributed by atoms with Gasteiger partial charge in [0, 0.05) is 6.61 Å². The second-order valence-corrected chi connectivity index (χ2v) is 4.58. The molecule has 0 aromatic heterocycles. The molecular formula is C16H20O3. The maximum Gasteiger partial charge on any atom is 0.134 e. The van der Waals surface area contributed by atoms with E-state index < -0.39 is 0 Å². The number of ether oxygens (including phenoxy) is 2. The van der Waals surface area contributed by atoms with E-state index in [1.165, 1.54) is 12.8 Å². The molecule has 3 heteroatoms. The van der Waals surface area contributed by atoms with E-state index in [-0.39, 0.29) is 6.61 Å². The minimum absolute atomic E-state index is 0.132. The van der Waals surface area contributed by atoms with Crippen LogP contribution in [0.5, 0.6) is 5.75 Å². The molecule has 2 rings (SSSR count). The molecule has 3 nitrogen and oxygen atoms in total. The lowest BCUT2D eigenvalue weighted by atomic mass is 10.1. The van der Waals surface area contributed by atoms with Gasteiger partial charge in [-0.2, -0.15) is 0 Å². The van der Waals surface area contributed by atoms with Crippen LogP contribution in [0.3, 0.4) is 0 Å². The first-order valence-electron chi connectivity index (χ1n) is 6.83. The minimum atomic E-state index is -0.132. The summed E-state index contributed by atoms with van der Waals surface area (Å²) in [6.45, 7) is 1.45. The van der Waals surface area contributed by atoms with Crippen molar-refractivity contribution in [2.75, 3.05) is 19.8 Å². The number of rotatable bonds is 5. The van der Waals surface area contributed by atoms with Gasteiger partial charge < -0.3 is 14.6 Å². The molecule has 1 heterocycles. The van der Waals surface area contributed by atoms with Gasteiger partial charge in [-0.1, -0.05) is 24.0 Å². The molecule has 1 aromatic carbocycles. The van der Waals surface area contributed by atoms with Crippen molar-refractivity contribution >= 4 is 0 Å². The summed E-state index contributed by atoms with van der Waals surface area (Å²) in [5.74, 6) is 6.33. The molecule has 19 heavy (non-hydrogen) atoms. The molecule has 1 aliphatic heterocycles. The van der Waals surface area contributed by atoms with Crippen molar-refractivity contribution in [2.24, 2.45) is 0 Å². The van der Waals surface area contributed by atoms with Crippen LogP contribution >= 0.6 is 0 Å². The van der Waals surface area contributed by atoms with E-state index in [2.05, 4.69) is 11.8 Å². The monoisotopic (exact) mass is 260 g/mol. The molecule has 0 amide bonds. The molecule has 1 saturated heterocycles. The summed E-state index contributed by atoms with van der Waals surface area (Å²) >= 11 is 0. The molecule has 1 fully saturated rings. The van der Waals surface area contributed by atoms with Gasteiger partial charge in [0.15, 0.2) is 0 Å². The number of aliphatic hydroxyl groups is 1. The Morgan fingerprint density at radius 3 is 3.05 bits per heavy atom. The molecule has 0 aliphatic carbocycles. The second kappa shape index (κ2) is 7.83. The summed E-state index contributed by atoms with van der Waals surface area (Å²) in [5.41, 5.74) is 0.827. The Morgan fingerprint density at radius 2 is 2.26 bits per heavy atom. The summed E-state index contributed by atoms with van der Waals surface area (Å²) in [6, 6.07) is 7.66. The van der Waals surface area contributed by atoms with Gasteiger partial charge >= 0.3 is 0 Å². The molecule has 1 aromatic rings. The molecular weight excluding hydrogens is 240 g/mol. The molecule has 0 bridgehead atoms. The zero-order valence-corrected chi connectivity index (χ0v) is 11.1. The highest BCUT2D eigenvalue weighted by Gasteiger charge is 2.14. The fraction of sp³-hybridized carbons (Fsp3) is 0.500. The molecule has 0 saturated carbocycles. The number of hydrogen-bond donors (Lipinski definition) is 1. The van der Waals surface area contributed by atoms with Gasteiger partial charge in [0.1, 0.15) is 12.4 Å². The Labute approximate surface area is 114 Å². The third kappa shape index (κ3) is 4.59. The fourth-order valence-corrected chi connectivity index (χ4v) is 2.20. The predicted molar refractivity (Wildman–Crippen MR) is 74.1 cm³/mol. The van der Waals surface area contributed by atoms with Crippen molar-refractivity contribution < 1.29 is 14.6 Å². The lowest BCUT2D eigenvalue weighted by Crippen LogP contribution is -2.08. The number of aliphatic hydroxyl groups excluding tert-OH is 1. The fourth-order valence-electron chi connectivity index (χ4n) is 2.20. The Balaban J connectivity index is 1.78. The lowest BCUT2D eigenvalue weighted by Gasteiger charge is -2.11. The Morgan fingerprint density at radius 1 is 1.37 bits per heavy atom. The SMILES string of the molecule is OCC#Cc1ccccc1OCCCC1CCCO1. The maximum atomic E-state index is 8.73. The Kier molecular flexibility index (Phi) is 5.74. The van der Waals surface area contributed by atoms with E-state index in [0.717, 1.165) is 30.8 Å². The van der Waals surface area contributed by atoms with Crippen LogP contribution in [0, 0.1) is 11.8 Å². The zero-order valence-electron chi connectivity index (χ0n) is 11.1. The van der Waals surface area contributed by atoms with Gasteiger partial charge in [0.25, 0.3) is 0 Å². The first-order chi connectivity index (χ1) is 9.40. The van der Waals surface area contributed by atoms with E-state index in [0.29, 0.717) is 12.7 Å². The molecule has 1 unspecified atom stereocenters. The van der Waals surface area contributed by atoms with E-state index >= 15 is 0 Å². The average Bonchev–Trinajstić information content (AvgIpc) is 2.95.